The van der Waals surface area contributed by atoms with E-state index >= 15 is 0 Å². The maximum absolute atomic E-state index is 14.5. The molecular formula is C16H11ClF4N4O3S. The number of carbonyl (C=O) groups is 1. The standard InChI is InChI=1S/C16H11ClF4N4O3S/c1-23-11(16(19,20)21)5-12(26)25(15(23)28)10-4-9(7(17)3-8(10)18)22-14-24(2)13(27)6-29-14/h3-5H,6H2,1-2H3. The first-order chi connectivity index (χ1) is 13.4. The van der Waals surface area contributed by atoms with Crippen molar-refractivity contribution in [2.45, 2.75) is 6.18 Å². The largest absolute Gasteiger partial charge is 0.431 e. The molecule has 1 saturated heterocycles. The summed E-state index contributed by atoms with van der Waals surface area (Å²) in [6, 6.07) is 1.93. The van der Waals surface area contributed by atoms with Crippen LogP contribution in [0.4, 0.5) is 23.2 Å². The Kier molecular flexibility index (Phi) is 5.34. The van der Waals surface area contributed by atoms with Crippen molar-refractivity contribution in [1.29, 1.82) is 0 Å². The number of amidine groups is 1. The van der Waals surface area contributed by atoms with Gasteiger partial charge in [-0.2, -0.15) is 13.2 Å². The molecule has 7 nitrogen and oxygen atoms in total. The number of amides is 1. The molecule has 0 saturated carbocycles. The van der Waals surface area contributed by atoms with E-state index in [9.17, 15) is 31.9 Å². The third-order valence-electron chi connectivity index (χ3n) is 4.07. The second-order valence-electron chi connectivity index (χ2n) is 5.93. The number of aliphatic imine (C=N–C) groups is 1. The van der Waals surface area contributed by atoms with Gasteiger partial charge in [0.1, 0.15) is 11.5 Å². The van der Waals surface area contributed by atoms with Crippen molar-refractivity contribution in [1.82, 2.24) is 14.0 Å². The van der Waals surface area contributed by atoms with Gasteiger partial charge in [0, 0.05) is 20.2 Å². The molecule has 13 heteroatoms. The van der Waals surface area contributed by atoms with E-state index < -0.39 is 34.6 Å². The van der Waals surface area contributed by atoms with Crippen molar-refractivity contribution in [3.63, 3.8) is 0 Å². The van der Waals surface area contributed by atoms with E-state index in [-0.39, 0.29) is 42.7 Å². The summed E-state index contributed by atoms with van der Waals surface area (Å²) in [5.74, 6) is -1.19. The van der Waals surface area contributed by atoms with Crippen LogP contribution >= 0.6 is 23.4 Å². The Bertz CT molecular complexity index is 1170. The van der Waals surface area contributed by atoms with Crippen molar-refractivity contribution < 1.29 is 22.4 Å². The van der Waals surface area contributed by atoms with Crippen LogP contribution in [-0.4, -0.2) is 37.9 Å². The molecule has 0 aliphatic carbocycles. The van der Waals surface area contributed by atoms with E-state index in [2.05, 4.69) is 4.99 Å². The molecule has 0 N–H and O–H groups in total. The number of alkyl halides is 3. The van der Waals surface area contributed by atoms with Gasteiger partial charge < -0.3 is 0 Å². The Morgan fingerprint density at radius 1 is 1.14 bits per heavy atom. The third kappa shape index (κ3) is 3.81. The number of rotatable bonds is 2. The molecule has 29 heavy (non-hydrogen) atoms. The molecular weight excluding hydrogens is 440 g/mol. The molecule has 1 aromatic carbocycles. The average Bonchev–Trinajstić information content (AvgIpc) is 2.93. The number of carbonyl (C=O) groups excluding carboxylic acids is 1. The lowest BCUT2D eigenvalue weighted by Gasteiger charge is -2.15. The van der Waals surface area contributed by atoms with Gasteiger partial charge in [0.15, 0.2) is 5.17 Å². The van der Waals surface area contributed by atoms with E-state index in [0.29, 0.717) is 0 Å². The number of hydrogen-bond donors (Lipinski definition) is 0. The lowest BCUT2D eigenvalue weighted by molar-refractivity contribution is -0.144. The van der Waals surface area contributed by atoms with Gasteiger partial charge in [0.05, 0.1) is 22.2 Å². The van der Waals surface area contributed by atoms with E-state index in [1.54, 1.807) is 0 Å². The molecule has 1 aliphatic rings. The summed E-state index contributed by atoms with van der Waals surface area (Å²) in [5, 5.41) is 0.0750. The predicted octanol–water partition coefficient (Wildman–Crippen LogP) is 2.54. The summed E-state index contributed by atoms with van der Waals surface area (Å²) in [4.78, 5) is 41.6. The minimum Gasteiger partial charge on any atom is -0.294 e. The normalized spacial score (nSPS) is 16.2. The van der Waals surface area contributed by atoms with Crippen molar-refractivity contribution in [2.75, 3.05) is 12.8 Å². The highest BCUT2D eigenvalue weighted by atomic mass is 35.5. The number of thioether (sulfide) groups is 1. The van der Waals surface area contributed by atoms with Crippen LogP contribution in [-0.2, 0) is 18.0 Å². The van der Waals surface area contributed by atoms with Gasteiger partial charge in [-0.05, 0) is 12.1 Å². The summed E-state index contributed by atoms with van der Waals surface area (Å²) in [6.45, 7) is 0. The van der Waals surface area contributed by atoms with Crippen molar-refractivity contribution in [3.05, 3.63) is 55.6 Å². The SMILES string of the molecule is CN1C(=O)CSC1=Nc1cc(-n2c(=O)cc(C(F)(F)F)n(C)c2=O)c(F)cc1Cl. The fourth-order valence-corrected chi connectivity index (χ4v) is 3.64. The van der Waals surface area contributed by atoms with E-state index in [0.717, 1.165) is 30.9 Å². The maximum Gasteiger partial charge on any atom is 0.431 e. The monoisotopic (exact) mass is 450 g/mol. The molecule has 1 fully saturated rings. The first-order valence-corrected chi connectivity index (χ1v) is 9.16. The highest BCUT2D eigenvalue weighted by molar-refractivity contribution is 8.15. The molecule has 1 aliphatic heterocycles. The molecule has 0 atom stereocenters. The van der Waals surface area contributed by atoms with Gasteiger partial charge >= 0.3 is 11.9 Å². The summed E-state index contributed by atoms with van der Waals surface area (Å²) >= 11 is 7.06. The lowest BCUT2D eigenvalue weighted by atomic mass is 10.2. The van der Waals surface area contributed by atoms with Gasteiger partial charge in [-0.15, -0.1) is 0 Å². The number of hydrogen-bond acceptors (Lipinski definition) is 5. The highest BCUT2D eigenvalue weighted by Crippen LogP contribution is 2.32. The molecule has 3 rings (SSSR count). The van der Waals surface area contributed by atoms with Crippen LogP contribution in [0.2, 0.25) is 5.02 Å². The Labute approximate surface area is 169 Å². The molecule has 0 radical (unpaired) electrons. The number of nitrogens with zero attached hydrogens (tertiary/aromatic N) is 4. The number of halogens is 5. The molecule has 154 valence electrons. The first kappa shape index (κ1) is 21.1. The summed E-state index contributed by atoms with van der Waals surface area (Å²) in [7, 11) is 2.28. The zero-order valence-corrected chi connectivity index (χ0v) is 16.3. The predicted molar refractivity (Wildman–Crippen MR) is 99.6 cm³/mol. The third-order valence-corrected chi connectivity index (χ3v) is 5.39. The molecule has 1 amide bonds. The van der Waals surface area contributed by atoms with Crippen LogP contribution in [0.15, 0.2) is 32.8 Å². The minimum absolute atomic E-state index is 0.0685. The van der Waals surface area contributed by atoms with Gasteiger partial charge in [0.25, 0.3) is 5.56 Å². The van der Waals surface area contributed by atoms with Crippen molar-refractivity contribution in [2.24, 2.45) is 12.0 Å². The Morgan fingerprint density at radius 3 is 2.34 bits per heavy atom. The van der Waals surface area contributed by atoms with Crippen LogP contribution in [0.5, 0.6) is 0 Å². The van der Waals surface area contributed by atoms with Crippen LogP contribution < -0.4 is 11.2 Å². The number of aromatic nitrogens is 2. The second-order valence-corrected chi connectivity index (χ2v) is 7.28. The highest BCUT2D eigenvalue weighted by Gasteiger charge is 2.35. The van der Waals surface area contributed by atoms with Crippen LogP contribution in [0.1, 0.15) is 5.69 Å². The second kappa shape index (κ2) is 7.34. The average molecular weight is 451 g/mol. The van der Waals surface area contributed by atoms with Crippen LogP contribution in [0, 0.1) is 5.82 Å². The fraction of sp³-hybridized carbons (Fsp3) is 0.250. The molecule has 2 aromatic rings. The number of benzene rings is 1. The summed E-state index contributed by atoms with van der Waals surface area (Å²) in [6.07, 6.45) is -4.95. The van der Waals surface area contributed by atoms with Gasteiger partial charge in [-0.3, -0.25) is 19.1 Å². The zero-order valence-electron chi connectivity index (χ0n) is 14.8. The zero-order chi connectivity index (χ0) is 21.7. The lowest BCUT2D eigenvalue weighted by Crippen LogP contribution is -2.41. The van der Waals surface area contributed by atoms with Gasteiger partial charge in [-0.25, -0.2) is 18.7 Å². The molecule has 0 unspecified atom stereocenters. The molecule has 0 bridgehead atoms. The van der Waals surface area contributed by atoms with E-state index in [1.165, 1.54) is 11.9 Å². The van der Waals surface area contributed by atoms with Gasteiger partial charge in [-0.1, -0.05) is 23.4 Å². The Morgan fingerprint density at radius 2 is 1.79 bits per heavy atom. The van der Waals surface area contributed by atoms with Gasteiger partial charge in [0.2, 0.25) is 5.91 Å². The van der Waals surface area contributed by atoms with Crippen LogP contribution in [0.3, 0.4) is 0 Å². The minimum atomic E-state index is -4.95. The van der Waals surface area contributed by atoms with Crippen LogP contribution in [0.25, 0.3) is 5.69 Å². The fourth-order valence-electron chi connectivity index (χ4n) is 2.54. The van der Waals surface area contributed by atoms with E-state index in [4.69, 9.17) is 11.6 Å². The maximum atomic E-state index is 14.5. The molecule has 0 spiro atoms. The molecule has 1 aromatic heterocycles. The topological polar surface area (TPSA) is 76.7 Å². The first-order valence-electron chi connectivity index (χ1n) is 7.79. The Balaban J connectivity index is 2.22. The van der Waals surface area contributed by atoms with Crippen molar-refractivity contribution in [3.8, 4) is 5.69 Å². The Hall–Kier alpha value is -2.60. The van der Waals surface area contributed by atoms with E-state index in [1.807, 2.05) is 0 Å². The summed E-state index contributed by atoms with van der Waals surface area (Å²) in [5.41, 5.74) is -4.93. The summed E-state index contributed by atoms with van der Waals surface area (Å²) < 4.78 is 53.9. The molecule has 2 heterocycles. The smallest absolute Gasteiger partial charge is 0.294 e. The van der Waals surface area contributed by atoms with Crippen molar-refractivity contribution >= 4 is 40.1 Å². The quantitative estimate of drug-likeness (QED) is 0.659.